The normalized spacial score (nSPS) is 18.5. The van der Waals surface area contributed by atoms with E-state index in [1.807, 2.05) is 50.2 Å². The Hall–Kier alpha value is -3.02. The summed E-state index contributed by atoms with van der Waals surface area (Å²) in [6.45, 7) is 5.46. The maximum Gasteiger partial charge on any atom is 0.251 e. The standard InChI is InChI=1S/C21H22N2O4/c1-13-3-4-15(9-14(13)2)21(25)22-16-10-20(24)23(12-16)17-5-6-18-19(11-17)27-8-7-26-18/h3-6,9,11,16H,7-8,10,12H2,1-2H3,(H,22,25)/t16-/m1/s1. The van der Waals surface area contributed by atoms with Gasteiger partial charge >= 0.3 is 0 Å². The van der Waals surface area contributed by atoms with E-state index in [2.05, 4.69) is 5.32 Å². The van der Waals surface area contributed by atoms with E-state index in [4.69, 9.17) is 9.47 Å². The van der Waals surface area contributed by atoms with Crippen LogP contribution in [0.25, 0.3) is 0 Å². The lowest BCUT2D eigenvalue weighted by Crippen LogP contribution is -2.37. The third kappa shape index (κ3) is 3.47. The monoisotopic (exact) mass is 366 g/mol. The molecule has 27 heavy (non-hydrogen) atoms. The summed E-state index contributed by atoms with van der Waals surface area (Å²) in [6, 6.07) is 10.9. The highest BCUT2D eigenvalue weighted by Gasteiger charge is 2.32. The van der Waals surface area contributed by atoms with Crippen molar-refractivity contribution in [3.8, 4) is 11.5 Å². The van der Waals surface area contributed by atoms with Gasteiger partial charge in [0.2, 0.25) is 5.91 Å². The van der Waals surface area contributed by atoms with Crippen LogP contribution in [0.1, 0.15) is 27.9 Å². The Morgan fingerprint density at radius 2 is 1.81 bits per heavy atom. The summed E-state index contributed by atoms with van der Waals surface area (Å²) >= 11 is 0. The van der Waals surface area contributed by atoms with Crippen molar-refractivity contribution in [3.05, 3.63) is 53.1 Å². The molecule has 2 amide bonds. The summed E-state index contributed by atoms with van der Waals surface area (Å²) in [4.78, 5) is 26.7. The maximum atomic E-state index is 12.5. The van der Waals surface area contributed by atoms with E-state index in [1.165, 1.54) is 0 Å². The Bertz CT molecular complexity index is 909. The fraction of sp³-hybridized carbons (Fsp3) is 0.333. The first-order chi connectivity index (χ1) is 13.0. The highest BCUT2D eigenvalue weighted by molar-refractivity contribution is 5.99. The molecule has 1 fully saturated rings. The quantitative estimate of drug-likeness (QED) is 0.907. The molecule has 0 saturated carbocycles. The molecule has 1 atom stereocenters. The molecule has 6 nitrogen and oxygen atoms in total. The zero-order valence-corrected chi connectivity index (χ0v) is 15.5. The molecule has 140 valence electrons. The molecule has 2 aromatic carbocycles. The first-order valence-corrected chi connectivity index (χ1v) is 9.09. The molecule has 2 heterocycles. The molecule has 0 unspecified atom stereocenters. The summed E-state index contributed by atoms with van der Waals surface area (Å²) < 4.78 is 11.1. The molecular formula is C21H22N2O4. The highest BCUT2D eigenvalue weighted by atomic mass is 16.6. The van der Waals surface area contributed by atoms with Crippen molar-refractivity contribution in [2.75, 3.05) is 24.7 Å². The molecular weight excluding hydrogens is 344 g/mol. The van der Waals surface area contributed by atoms with Gasteiger partial charge in [0.05, 0.1) is 6.04 Å². The number of amides is 2. The van der Waals surface area contributed by atoms with Crippen LogP contribution in [0.2, 0.25) is 0 Å². The van der Waals surface area contributed by atoms with E-state index in [0.29, 0.717) is 36.8 Å². The Kier molecular flexibility index (Phi) is 4.48. The SMILES string of the molecule is Cc1ccc(C(=O)N[C@@H]2CC(=O)N(c3ccc4c(c3)OCCO4)C2)cc1C. The molecule has 2 aliphatic rings. The van der Waals surface area contributed by atoms with Gasteiger partial charge in [-0.15, -0.1) is 0 Å². The molecule has 1 saturated heterocycles. The van der Waals surface area contributed by atoms with Gasteiger partial charge in [0.15, 0.2) is 11.5 Å². The van der Waals surface area contributed by atoms with Crippen LogP contribution in [0.15, 0.2) is 36.4 Å². The van der Waals surface area contributed by atoms with E-state index in [1.54, 1.807) is 4.90 Å². The Balaban J connectivity index is 1.46. The minimum atomic E-state index is -0.222. The van der Waals surface area contributed by atoms with Crippen LogP contribution in [0.5, 0.6) is 11.5 Å². The van der Waals surface area contributed by atoms with Gasteiger partial charge in [-0.2, -0.15) is 0 Å². The average Bonchev–Trinajstić information content (AvgIpc) is 3.03. The largest absolute Gasteiger partial charge is 0.486 e. The Morgan fingerprint density at radius 1 is 1.04 bits per heavy atom. The summed E-state index contributed by atoms with van der Waals surface area (Å²) in [5.74, 6) is 1.17. The number of aryl methyl sites for hydroxylation is 2. The third-order valence-corrected chi connectivity index (χ3v) is 5.07. The first kappa shape index (κ1) is 17.4. The van der Waals surface area contributed by atoms with Crippen LogP contribution in [-0.2, 0) is 4.79 Å². The van der Waals surface area contributed by atoms with Crippen LogP contribution in [-0.4, -0.2) is 37.6 Å². The van der Waals surface area contributed by atoms with Crippen LogP contribution in [0, 0.1) is 13.8 Å². The molecule has 0 radical (unpaired) electrons. The number of fused-ring (bicyclic) bond motifs is 1. The number of benzene rings is 2. The fourth-order valence-corrected chi connectivity index (χ4v) is 3.41. The lowest BCUT2D eigenvalue weighted by molar-refractivity contribution is -0.117. The topological polar surface area (TPSA) is 67.9 Å². The van der Waals surface area contributed by atoms with Crippen molar-refractivity contribution in [1.82, 2.24) is 5.32 Å². The van der Waals surface area contributed by atoms with Gasteiger partial charge < -0.3 is 19.7 Å². The van der Waals surface area contributed by atoms with E-state index in [9.17, 15) is 9.59 Å². The van der Waals surface area contributed by atoms with Crippen LogP contribution >= 0.6 is 0 Å². The van der Waals surface area contributed by atoms with Gasteiger partial charge in [0, 0.05) is 30.3 Å². The average molecular weight is 366 g/mol. The summed E-state index contributed by atoms with van der Waals surface area (Å²) in [7, 11) is 0. The van der Waals surface area contributed by atoms with Crippen molar-refractivity contribution < 1.29 is 19.1 Å². The first-order valence-electron chi connectivity index (χ1n) is 9.09. The second kappa shape index (κ2) is 6.95. The molecule has 4 rings (SSSR count). The predicted molar refractivity (Wildman–Crippen MR) is 102 cm³/mol. The van der Waals surface area contributed by atoms with Crippen molar-refractivity contribution in [1.29, 1.82) is 0 Å². The Labute approximate surface area is 158 Å². The number of carbonyl (C=O) groups excluding carboxylic acids is 2. The maximum absolute atomic E-state index is 12.5. The third-order valence-electron chi connectivity index (χ3n) is 5.07. The lowest BCUT2D eigenvalue weighted by Gasteiger charge is -2.22. The highest BCUT2D eigenvalue weighted by Crippen LogP contribution is 2.35. The summed E-state index contributed by atoms with van der Waals surface area (Å²) in [5.41, 5.74) is 3.59. The fourth-order valence-electron chi connectivity index (χ4n) is 3.41. The molecule has 1 N–H and O–H groups in total. The second-order valence-electron chi connectivity index (χ2n) is 7.01. The van der Waals surface area contributed by atoms with Crippen molar-refractivity contribution >= 4 is 17.5 Å². The minimum absolute atomic E-state index is 0.0166. The van der Waals surface area contributed by atoms with Gasteiger partial charge in [0.25, 0.3) is 5.91 Å². The molecule has 0 aliphatic carbocycles. The van der Waals surface area contributed by atoms with Crippen molar-refractivity contribution in [2.45, 2.75) is 26.3 Å². The van der Waals surface area contributed by atoms with Gasteiger partial charge in [-0.1, -0.05) is 6.07 Å². The zero-order valence-electron chi connectivity index (χ0n) is 15.5. The molecule has 0 aromatic heterocycles. The zero-order chi connectivity index (χ0) is 19.0. The number of carbonyl (C=O) groups is 2. The number of hydrogen-bond donors (Lipinski definition) is 1. The van der Waals surface area contributed by atoms with E-state index in [-0.39, 0.29) is 24.3 Å². The van der Waals surface area contributed by atoms with Crippen LogP contribution in [0.4, 0.5) is 5.69 Å². The second-order valence-corrected chi connectivity index (χ2v) is 7.01. The van der Waals surface area contributed by atoms with Gasteiger partial charge in [-0.25, -0.2) is 0 Å². The van der Waals surface area contributed by atoms with Crippen molar-refractivity contribution in [2.24, 2.45) is 0 Å². The number of rotatable bonds is 3. The number of anilines is 1. The van der Waals surface area contributed by atoms with Gasteiger partial charge in [-0.05, 0) is 49.2 Å². The van der Waals surface area contributed by atoms with E-state index >= 15 is 0 Å². The predicted octanol–water partition coefficient (Wildman–Crippen LogP) is 2.61. The minimum Gasteiger partial charge on any atom is -0.486 e. The Morgan fingerprint density at radius 3 is 2.59 bits per heavy atom. The van der Waals surface area contributed by atoms with Crippen LogP contribution < -0.4 is 19.7 Å². The number of hydrogen-bond acceptors (Lipinski definition) is 4. The molecule has 0 spiro atoms. The summed E-state index contributed by atoms with van der Waals surface area (Å²) in [5, 5.41) is 2.98. The number of ether oxygens (including phenoxy) is 2. The smallest absolute Gasteiger partial charge is 0.251 e. The molecule has 2 aliphatic heterocycles. The van der Waals surface area contributed by atoms with Gasteiger partial charge in [0.1, 0.15) is 13.2 Å². The molecule has 6 heteroatoms. The molecule has 2 aromatic rings. The summed E-state index contributed by atoms with van der Waals surface area (Å²) in [6.07, 6.45) is 0.283. The van der Waals surface area contributed by atoms with E-state index < -0.39 is 0 Å². The number of nitrogens with one attached hydrogen (secondary N) is 1. The number of nitrogens with zero attached hydrogens (tertiary/aromatic N) is 1. The van der Waals surface area contributed by atoms with Gasteiger partial charge in [-0.3, -0.25) is 9.59 Å². The lowest BCUT2D eigenvalue weighted by atomic mass is 10.1. The van der Waals surface area contributed by atoms with Crippen molar-refractivity contribution in [3.63, 3.8) is 0 Å². The molecule has 0 bridgehead atoms. The van der Waals surface area contributed by atoms with Crippen LogP contribution in [0.3, 0.4) is 0 Å². The van der Waals surface area contributed by atoms with E-state index in [0.717, 1.165) is 16.8 Å².